The highest BCUT2D eigenvalue weighted by Crippen LogP contribution is 2.33. The predicted octanol–water partition coefficient (Wildman–Crippen LogP) is 6.06. The molecule has 4 nitrogen and oxygen atoms in total. The van der Waals surface area contributed by atoms with Crippen molar-refractivity contribution < 1.29 is 22.7 Å². The summed E-state index contributed by atoms with van der Waals surface area (Å²) in [7, 11) is 1.60. The molecule has 7 heteroatoms. The van der Waals surface area contributed by atoms with Crippen molar-refractivity contribution in [3.8, 4) is 11.3 Å². The van der Waals surface area contributed by atoms with Crippen molar-refractivity contribution in [2.75, 3.05) is 13.6 Å². The Bertz CT molecular complexity index is 1240. The first-order chi connectivity index (χ1) is 15.4. The average molecular weight is 438 g/mol. The van der Waals surface area contributed by atoms with E-state index in [1.54, 1.807) is 19.2 Å². The van der Waals surface area contributed by atoms with Crippen LogP contribution in [-0.2, 0) is 17.8 Å². The number of likely N-dealkylation sites (N-methyl/N-ethyl adjacent to an activating group) is 1. The lowest BCUT2D eigenvalue weighted by Crippen LogP contribution is -2.29. The average Bonchev–Trinajstić information content (AvgIpc) is 3.15. The molecule has 1 amide bonds. The number of amides is 1. The van der Waals surface area contributed by atoms with Gasteiger partial charge >= 0.3 is 6.09 Å². The first-order valence-electron chi connectivity index (χ1n) is 10.1. The van der Waals surface area contributed by atoms with Crippen LogP contribution in [0.3, 0.4) is 0 Å². The summed E-state index contributed by atoms with van der Waals surface area (Å²) in [5.74, 6) is -1.81. The van der Waals surface area contributed by atoms with Crippen LogP contribution < -0.4 is 0 Å². The van der Waals surface area contributed by atoms with E-state index in [0.29, 0.717) is 28.6 Å². The van der Waals surface area contributed by atoms with Crippen molar-refractivity contribution >= 4 is 17.0 Å². The molecule has 0 spiro atoms. The van der Waals surface area contributed by atoms with Crippen molar-refractivity contribution in [2.24, 2.45) is 0 Å². The Morgan fingerprint density at radius 3 is 2.41 bits per heavy atom. The number of fused-ring (bicyclic) bond motifs is 1. The fraction of sp³-hybridized carbons (Fsp3) is 0.160. The van der Waals surface area contributed by atoms with Gasteiger partial charge in [-0.2, -0.15) is 0 Å². The molecule has 32 heavy (non-hydrogen) atoms. The molecule has 0 bridgehead atoms. The summed E-state index contributed by atoms with van der Waals surface area (Å²) < 4.78 is 47.1. The maximum absolute atomic E-state index is 14.4. The number of ether oxygens (including phenoxy) is 1. The van der Waals surface area contributed by atoms with E-state index in [1.807, 2.05) is 30.3 Å². The number of carbonyl (C=O) groups excluding carboxylic acids is 1. The normalized spacial score (nSPS) is 11.0. The number of nitrogens with zero attached hydrogens (tertiary/aromatic N) is 1. The van der Waals surface area contributed by atoms with E-state index >= 15 is 0 Å². The van der Waals surface area contributed by atoms with Crippen molar-refractivity contribution in [1.82, 2.24) is 9.88 Å². The minimum absolute atomic E-state index is 0.147. The third kappa shape index (κ3) is 4.61. The highest BCUT2D eigenvalue weighted by Gasteiger charge is 2.19. The molecule has 1 N–H and O–H groups in total. The van der Waals surface area contributed by atoms with Crippen LogP contribution in [0.15, 0.2) is 66.7 Å². The molecule has 0 saturated heterocycles. The molecular formula is C25H21F3N2O2. The van der Waals surface area contributed by atoms with Crippen LogP contribution in [-0.4, -0.2) is 29.6 Å². The lowest BCUT2D eigenvalue weighted by Gasteiger charge is -2.17. The standard InChI is InChI=1S/C25H21F3N2O2/c1-30(25(31)32-15-16-5-3-2-4-6-16)12-11-20-21-13-19(27)14-22(28)24(21)29-23(20)17-7-9-18(26)10-8-17/h2-10,13-14,29H,11-12,15H2,1H3. The molecule has 4 rings (SSSR count). The zero-order valence-corrected chi connectivity index (χ0v) is 17.4. The minimum atomic E-state index is -0.717. The second-order valence-electron chi connectivity index (χ2n) is 7.51. The highest BCUT2D eigenvalue weighted by molar-refractivity contribution is 5.91. The zero-order valence-electron chi connectivity index (χ0n) is 17.4. The molecule has 1 heterocycles. The van der Waals surface area contributed by atoms with E-state index in [4.69, 9.17) is 4.74 Å². The summed E-state index contributed by atoms with van der Waals surface area (Å²) in [4.78, 5) is 16.8. The van der Waals surface area contributed by atoms with Crippen LogP contribution in [0.4, 0.5) is 18.0 Å². The topological polar surface area (TPSA) is 45.3 Å². The monoisotopic (exact) mass is 438 g/mol. The van der Waals surface area contributed by atoms with E-state index < -0.39 is 23.5 Å². The molecule has 0 radical (unpaired) electrons. The van der Waals surface area contributed by atoms with Crippen molar-refractivity contribution in [3.63, 3.8) is 0 Å². The van der Waals surface area contributed by atoms with Gasteiger partial charge in [0.2, 0.25) is 0 Å². The van der Waals surface area contributed by atoms with Gasteiger partial charge in [0.15, 0.2) is 0 Å². The van der Waals surface area contributed by atoms with E-state index in [9.17, 15) is 18.0 Å². The first-order valence-corrected chi connectivity index (χ1v) is 10.1. The molecule has 0 fully saturated rings. The molecule has 0 aliphatic carbocycles. The van der Waals surface area contributed by atoms with E-state index in [2.05, 4.69) is 4.98 Å². The quantitative estimate of drug-likeness (QED) is 0.398. The van der Waals surface area contributed by atoms with E-state index in [-0.39, 0.29) is 18.7 Å². The number of rotatable bonds is 6. The Labute approximate surface area is 183 Å². The van der Waals surface area contributed by atoms with Crippen LogP contribution in [0.1, 0.15) is 11.1 Å². The van der Waals surface area contributed by atoms with Gasteiger partial charge in [0.25, 0.3) is 0 Å². The number of hydrogen-bond acceptors (Lipinski definition) is 2. The van der Waals surface area contributed by atoms with Gasteiger partial charge in [-0.1, -0.05) is 30.3 Å². The number of H-pyrrole nitrogens is 1. The number of nitrogens with one attached hydrogen (secondary N) is 1. The van der Waals surface area contributed by atoms with Crippen molar-refractivity contribution in [3.05, 3.63) is 95.3 Å². The van der Waals surface area contributed by atoms with Gasteiger partial charge in [-0.15, -0.1) is 0 Å². The Morgan fingerprint density at radius 1 is 0.969 bits per heavy atom. The zero-order chi connectivity index (χ0) is 22.7. The summed E-state index contributed by atoms with van der Waals surface area (Å²) in [6.45, 7) is 0.404. The summed E-state index contributed by atoms with van der Waals surface area (Å²) in [6.07, 6.45) is -0.193. The summed E-state index contributed by atoms with van der Waals surface area (Å²) in [5, 5.41) is 0.382. The summed E-state index contributed by atoms with van der Waals surface area (Å²) in [6, 6.07) is 17.1. The number of aromatic nitrogens is 1. The Balaban J connectivity index is 1.56. The molecule has 1 aromatic heterocycles. The first kappa shape index (κ1) is 21.5. The summed E-state index contributed by atoms with van der Waals surface area (Å²) in [5.41, 5.74) is 2.85. The minimum Gasteiger partial charge on any atom is -0.445 e. The predicted molar refractivity (Wildman–Crippen MR) is 117 cm³/mol. The van der Waals surface area contributed by atoms with Gasteiger partial charge in [-0.3, -0.25) is 0 Å². The molecular weight excluding hydrogens is 417 g/mol. The van der Waals surface area contributed by atoms with Crippen molar-refractivity contribution in [1.29, 1.82) is 0 Å². The van der Waals surface area contributed by atoms with Gasteiger partial charge in [0.05, 0.1) is 5.52 Å². The Kier molecular flexibility index (Phi) is 6.16. The number of benzene rings is 3. The molecule has 3 aromatic carbocycles. The molecule has 4 aromatic rings. The number of halogens is 3. The van der Waals surface area contributed by atoms with Gasteiger partial charge in [0, 0.05) is 30.7 Å². The number of hydrogen-bond donors (Lipinski definition) is 1. The third-order valence-electron chi connectivity index (χ3n) is 5.28. The summed E-state index contributed by atoms with van der Waals surface area (Å²) >= 11 is 0. The largest absolute Gasteiger partial charge is 0.445 e. The molecule has 0 saturated carbocycles. The Hall–Kier alpha value is -3.74. The highest BCUT2D eigenvalue weighted by atomic mass is 19.1. The maximum Gasteiger partial charge on any atom is 0.409 e. The number of carbonyl (C=O) groups is 1. The fourth-order valence-corrected chi connectivity index (χ4v) is 3.60. The molecule has 0 aliphatic heterocycles. The second-order valence-corrected chi connectivity index (χ2v) is 7.51. The number of aromatic amines is 1. The van der Waals surface area contributed by atoms with Crippen LogP contribution in [0, 0.1) is 17.5 Å². The lowest BCUT2D eigenvalue weighted by molar-refractivity contribution is 0.105. The molecule has 0 aliphatic rings. The molecule has 164 valence electrons. The van der Waals surface area contributed by atoms with E-state index in [0.717, 1.165) is 11.6 Å². The SMILES string of the molecule is CN(CCc1c(-c2ccc(F)cc2)[nH]c2c(F)cc(F)cc12)C(=O)OCc1ccccc1. The molecule has 0 atom stereocenters. The maximum atomic E-state index is 14.4. The lowest BCUT2D eigenvalue weighted by atomic mass is 10.0. The van der Waals surface area contributed by atoms with Gasteiger partial charge in [0.1, 0.15) is 24.1 Å². The van der Waals surface area contributed by atoms with Crippen LogP contribution in [0.5, 0.6) is 0 Å². The third-order valence-corrected chi connectivity index (χ3v) is 5.28. The smallest absolute Gasteiger partial charge is 0.409 e. The van der Waals surface area contributed by atoms with Crippen LogP contribution in [0.2, 0.25) is 0 Å². The second kappa shape index (κ2) is 9.18. The van der Waals surface area contributed by atoms with Gasteiger partial charge in [-0.05, 0) is 53.4 Å². The fourth-order valence-electron chi connectivity index (χ4n) is 3.60. The van der Waals surface area contributed by atoms with Gasteiger partial charge < -0.3 is 14.6 Å². The molecule has 0 unspecified atom stereocenters. The van der Waals surface area contributed by atoms with Crippen molar-refractivity contribution in [2.45, 2.75) is 13.0 Å². The van der Waals surface area contributed by atoms with Gasteiger partial charge in [-0.25, -0.2) is 18.0 Å². The van der Waals surface area contributed by atoms with Crippen LogP contribution in [0.25, 0.3) is 22.2 Å². The Morgan fingerprint density at radius 2 is 1.69 bits per heavy atom. The van der Waals surface area contributed by atoms with E-state index in [1.165, 1.54) is 23.1 Å². The van der Waals surface area contributed by atoms with Crippen LogP contribution >= 0.6 is 0 Å².